The van der Waals surface area contributed by atoms with Crippen molar-refractivity contribution in [2.45, 2.75) is 0 Å². The van der Waals surface area contributed by atoms with Gasteiger partial charge in [0.15, 0.2) is 5.17 Å². The zero-order valence-corrected chi connectivity index (χ0v) is 14.6. The van der Waals surface area contributed by atoms with Gasteiger partial charge in [-0.15, -0.1) is 0 Å². The predicted octanol–water partition coefficient (Wildman–Crippen LogP) is 1.66. The number of carboxylic acids is 1. The van der Waals surface area contributed by atoms with Gasteiger partial charge in [0.05, 0.1) is 25.0 Å². The first-order valence-corrected chi connectivity index (χ1v) is 8.60. The smallest absolute Gasteiger partial charge is 0.259 e. The molecule has 8 heteroatoms. The number of hydrogen-bond donors (Lipinski definition) is 0. The predicted molar refractivity (Wildman–Crippen MR) is 97.8 cm³/mol. The normalized spacial score (nSPS) is 15.8. The Labute approximate surface area is 154 Å². The van der Waals surface area contributed by atoms with Crippen LogP contribution in [0.2, 0.25) is 0 Å². The maximum atomic E-state index is 12.1. The molecule has 0 aromatic heterocycles. The number of amides is 1. The summed E-state index contributed by atoms with van der Waals surface area (Å²) in [6.45, 7) is 0. The quantitative estimate of drug-likeness (QED) is 0.748. The molecular weight excluding hydrogens is 354 g/mol. The summed E-state index contributed by atoms with van der Waals surface area (Å²) in [7, 11) is 1.54. The molecule has 2 aromatic carbocycles. The van der Waals surface area contributed by atoms with E-state index in [4.69, 9.17) is 4.74 Å². The van der Waals surface area contributed by atoms with Crippen LogP contribution in [0.25, 0.3) is 0 Å². The Kier molecular flexibility index (Phi) is 5.33. The number of methoxy groups -OCH3 is 1. The lowest BCUT2D eigenvalue weighted by molar-refractivity contribution is -0.255. The average molecular weight is 368 g/mol. The van der Waals surface area contributed by atoms with E-state index in [1.165, 1.54) is 24.0 Å². The molecule has 2 aromatic rings. The molecule has 0 saturated carbocycles. The van der Waals surface area contributed by atoms with Gasteiger partial charge in [0, 0.05) is 11.1 Å². The fourth-order valence-corrected chi connectivity index (χ4v) is 3.10. The van der Waals surface area contributed by atoms with Crippen LogP contribution in [0.3, 0.4) is 0 Å². The first-order chi connectivity index (χ1) is 12.6. The van der Waals surface area contributed by atoms with Crippen LogP contribution in [-0.4, -0.2) is 41.1 Å². The third kappa shape index (κ3) is 3.75. The minimum absolute atomic E-state index is 0.00114. The number of carbonyl (C=O) groups excluding carboxylic acids is 2. The first kappa shape index (κ1) is 17.7. The fraction of sp³-hybridized carbons (Fsp3) is 0.111. The van der Waals surface area contributed by atoms with Gasteiger partial charge in [0.25, 0.3) is 5.91 Å². The number of hydrogen-bond acceptors (Lipinski definition) is 7. The molecule has 0 atom stereocenters. The molecule has 0 N–H and O–H groups in total. The van der Waals surface area contributed by atoms with E-state index in [1.807, 2.05) is 12.1 Å². The molecule has 1 aliphatic rings. The summed E-state index contributed by atoms with van der Waals surface area (Å²) in [5.41, 5.74) is 0.912. The third-order valence-electron chi connectivity index (χ3n) is 3.54. The van der Waals surface area contributed by atoms with Crippen LogP contribution in [0.15, 0.2) is 58.6 Å². The number of rotatable bonds is 5. The standard InChI is InChI=1S/C18H15N3O4S/c1-25-15-9-5-4-8-14(15)20-18-21(16(22)11-26-18)19-10-12-6-2-3-7-13(12)17(23)24/h2-10H,11H2,1H3,(H,23,24)/p-1/b19-10-,20-18?. The Morgan fingerprint density at radius 3 is 2.73 bits per heavy atom. The number of benzene rings is 2. The molecule has 0 radical (unpaired) electrons. The van der Waals surface area contributed by atoms with Crippen LogP contribution in [0, 0.1) is 0 Å². The number of amidine groups is 1. The van der Waals surface area contributed by atoms with Crippen LogP contribution in [0.4, 0.5) is 5.69 Å². The second kappa shape index (κ2) is 7.83. The minimum Gasteiger partial charge on any atom is -0.545 e. The molecule has 0 unspecified atom stereocenters. The zero-order chi connectivity index (χ0) is 18.5. The van der Waals surface area contributed by atoms with Crippen molar-refractivity contribution in [1.29, 1.82) is 0 Å². The highest BCUT2D eigenvalue weighted by Crippen LogP contribution is 2.30. The first-order valence-electron chi connectivity index (χ1n) is 7.62. The van der Waals surface area contributed by atoms with Gasteiger partial charge in [-0.2, -0.15) is 10.1 Å². The molecule has 132 valence electrons. The number of carbonyl (C=O) groups is 2. The van der Waals surface area contributed by atoms with E-state index in [0.29, 0.717) is 22.2 Å². The highest BCUT2D eigenvalue weighted by atomic mass is 32.2. The number of para-hydroxylation sites is 2. The minimum atomic E-state index is -1.31. The average Bonchev–Trinajstić information content (AvgIpc) is 3.00. The molecule has 0 aliphatic carbocycles. The molecule has 7 nitrogen and oxygen atoms in total. The van der Waals surface area contributed by atoms with Crippen molar-refractivity contribution in [3.8, 4) is 5.75 Å². The number of nitrogens with zero attached hydrogens (tertiary/aromatic N) is 3. The molecule has 1 aliphatic heterocycles. The molecule has 0 bridgehead atoms. The Morgan fingerprint density at radius 1 is 1.23 bits per heavy atom. The maximum Gasteiger partial charge on any atom is 0.259 e. The molecule has 26 heavy (non-hydrogen) atoms. The highest BCUT2D eigenvalue weighted by molar-refractivity contribution is 8.15. The fourth-order valence-electron chi connectivity index (χ4n) is 2.29. The van der Waals surface area contributed by atoms with Crippen LogP contribution in [-0.2, 0) is 4.79 Å². The Balaban J connectivity index is 1.92. The number of aromatic carboxylic acids is 1. The van der Waals surface area contributed by atoms with E-state index in [9.17, 15) is 14.7 Å². The molecule has 1 heterocycles. The number of thioether (sulfide) groups is 1. The monoisotopic (exact) mass is 368 g/mol. The van der Waals surface area contributed by atoms with E-state index in [-0.39, 0.29) is 17.2 Å². The van der Waals surface area contributed by atoms with Gasteiger partial charge in [0.2, 0.25) is 0 Å². The zero-order valence-electron chi connectivity index (χ0n) is 13.8. The summed E-state index contributed by atoms with van der Waals surface area (Å²) in [6.07, 6.45) is 1.31. The van der Waals surface area contributed by atoms with E-state index in [1.54, 1.807) is 37.4 Å². The van der Waals surface area contributed by atoms with Crippen molar-refractivity contribution in [3.63, 3.8) is 0 Å². The van der Waals surface area contributed by atoms with E-state index in [2.05, 4.69) is 10.1 Å². The largest absolute Gasteiger partial charge is 0.545 e. The van der Waals surface area contributed by atoms with Crippen LogP contribution in [0.1, 0.15) is 15.9 Å². The van der Waals surface area contributed by atoms with Crippen molar-refractivity contribution >= 4 is 40.7 Å². The molecule has 3 rings (SSSR count). The Hall–Kier alpha value is -3.13. The molecule has 1 fully saturated rings. The maximum absolute atomic E-state index is 12.1. The summed E-state index contributed by atoms with van der Waals surface area (Å²) in [5.74, 6) is -0.776. The highest BCUT2D eigenvalue weighted by Gasteiger charge is 2.28. The van der Waals surface area contributed by atoms with Gasteiger partial charge in [0.1, 0.15) is 11.4 Å². The van der Waals surface area contributed by atoms with Crippen molar-refractivity contribution in [3.05, 3.63) is 59.7 Å². The summed E-state index contributed by atoms with van der Waals surface area (Å²) in [4.78, 5) is 27.7. The second-order valence-corrected chi connectivity index (χ2v) is 6.12. The van der Waals surface area contributed by atoms with Crippen molar-refractivity contribution < 1.29 is 19.4 Å². The lowest BCUT2D eigenvalue weighted by atomic mass is 10.1. The SMILES string of the molecule is COc1ccccc1N=C1SCC(=O)N1/N=C\c1ccccc1C(=O)[O-]. The molecule has 1 amide bonds. The van der Waals surface area contributed by atoms with Gasteiger partial charge in [-0.3, -0.25) is 4.79 Å². The van der Waals surface area contributed by atoms with Gasteiger partial charge in [-0.1, -0.05) is 48.2 Å². The van der Waals surface area contributed by atoms with E-state index in [0.717, 1.165) is 5.01 Å². The van der Waals surface area contributed by atoms with Crippen LogP contribution in [0.5, 0.6) is 5.75 Å². The van der Waals surface area contributed by atoms with Crippen molar-refractivity contribution in [2.24, 2.45) is 10.1 Å². The summed E-state index contributed by atoms with van der Waals surface area (Å²) in [6, 6.07) is 13.4. The number of aliphatic imine (C=N–C) groups is 1. The van der Waals surface area contributed by atoms with Crippen LogP contribution < -0.4 is 9.84 Å². The topological polar surface area (TPSA) is 94.4 Å². The van der Waals surface area contributed by atoms with E-state index < -0.39 is 5.97 Å². The van der Waals surface area contributed by atoms with Gasteiger partial charge in [-0.25, -0.2) is 4.99 Å². The third-order valence-corrected chi connectivity index (χ3v) is 4.45. The van der Waals surface area contributed by atoms with Crippen molar-refractivity contribution in [1.82, 2.24) is 5.01 Å². The molecule has 1 saturated heterocycles. The van der Waals surface area contributed by atoms with Gasteiger partial charge < -0.3 is 14.6 Å². The van der Waals surface area contributed by atoms with Gasteiger partial charge in [-0.05, 0) is 12.1 Å². The number of carboxylic acid groups (broad SMARTS) is 1. The summed E-state index contributed by atoms with van der Waals surface area (Å²) < 4.78 is 5.26. The molecule has 0 spiro atoms. The molecular formula is C18H14N3O4S-. The Bertz CT molecular complexity index is 911. The summed E-state index contributed by atoms with van der Waals surface area (Å²) >= 11 is 1.25. The lowest BCUT2D eigenvalue weighted by Crippen LogP contribution is -2.25. The van der Waals surface area contributed by atoms with Crippen molar-refractivity contribution in [2.75, 3.05) is 12.9 Å². The second-order valence-electron chi connectivity index (χ2n) is 5.18. The summed E-state index contributed by atoms with van der Waals surface area (Å²) in [5, 5.41) is 16.8. The number of hydrazone groups is 1. The lowest BCUT2D eigenvalue weighted by Gasteiger charge is -2.11. The van der Waals surface area contributed by atoms with E-state index >= 15 is 0 Å². The Morgan fingerprint density at radius 2 is 1.96 bits per heavy atom. The van der Waals surface area contributed by atoms with Gasteiger partial charge >= 0.3 is 0 Å². The number of ether oxygens (including phenoxy) is 1. The van der Waals surface area contributed by atoms with Crippen LogP contribution >= 0.6 is 11.8 Å².